The molecule has 0 radical (unpaired) electrons. The predicted molar refractivity (Wildman–Crippen MR) is 158 cm³/mol. The highest BCUT2D eigenvalue weighted by atomic mass is 32.2. The fourth-order valence-corrected chi connectivity index (χ4v) is 7.13. The average Bonchev–Trinajstić information content (AvgIpc) is 2.94. The fraction of sp³-hybridized carbons (Fsp3) is 0.400. The third-order valence-corrected chi connectivity index (χ3v) is 9.90. The van der Waals surface area contributed by atoms with Crippen LogP contribution in [0.15, 0.2) is 58.2 Å². The number of H-pyrrole nitrogens is 1. The van der Waals surface area contributed by atoms with Gasteiger partial charge < -0.3 is 14.5 Å². The molecular weight excluding hydrogens is 558 g/mol. The molecule has 1 saturated carbocycles. The van der Waals surface area contributed by atoms with Gasteiger partial charge in [0.1, 0.15) is 0 Å². The van der Waals surface area contributed by atoms with Crippen molar-refractivity contribution in [3.8, 4) is 11.3 Å². The zero-order valence-electron chi connectivity index (χ0n) is 24.1. The number of carbonyl (C=O) groups is 2. The van der Waals surface area contributed by atoms with Crippen LogP contribution in [-0.2, 0) is 14.8 Å². The van der Waals surface area contributed by atoms with Gasteiger partial charge in [0.25, 0.3) is 21.5 Å². The molecule has 2 amide bonds. The van der Waals surface area contributed by atoms with Gasteiger partial charge >= 0.3 is 6.09 Å². The van der Waals surface area contributed by atoms with E-state index >= 15 is 0 Å². The number of methoxy groups -OCH3 is 1. The number of carbonyl (C=O) groups excluding carboxylic acids is 2. The average molecular weight is 594 g/mol. The van der Waals surface area contributed by atoms with Crippen LogP contribution < -0.4 is 10.3 Å². The highest BCUT2D eigenvalue weighted by Crippen LogP contribution is 2.51. The topological polar surface area (TPSA) is 142 Å². The van der Waals surface area contributed by atoms with Gasteiger partial charge in [-0.05, 0) is 74.3 Å². The molecule has 2 N–H and O–H groups in total. The third-order valence-electron chi connectivity index (χ3n) is 8.56. The lowest BCUT2D eigenvalue weighted by molar-refractivity contribution is -0.0255. The molecule has 1 aliphatic carbocycles. The summed E-state index contributed by atoms with van der Waals surface area (Å²) in [4.78, 5) is 47.7. The van der Waals surface area contributed by atoms with Gasteiger partial charge in [0.2, 0.25) is 5.95 Å². The summed E-state index contributed by atoms with van der Waals surface area (Å²) in [5.41, 5.74) is 2.77. The lowest BCUT2D eigenvalue weighted by Gasteiger charge is -2.54. The molecule has 222 valence electrons. The summed E-state index contributed by atoms with van der Waals surface area (Å²) in [6.07, 6.45) is 3.08. The highest BCUT2D eigenvalue weighted by molar-refractivity contribution is 7.92. The second-order valence-electron chi connectivity index (χ2n) is 11.3. The summed E-state index contributed by atoms with van der Waals surface area (Å²) >= 11 is 0. The molecular formula is C30H35N5O6S. The van der Waals surface area contributed by atoms with Crippen LogP contribution in [0.1, 0.15) is 47.2 Å². The first kappa shape index (κ1) is 29.3. The van der Waals surface area contributed by atoms with Crippen LogP contribution in [0.2, 0.25) is 0 Å². The standard InChI is InChI=1S/C30H35N5O6S/c1-19-7-5-8-20(2)26(19)24-16-25(36)32-28(31-24)33-42(39,40)23-10-6-9-21(15-23)27(37)34(3)22-17-30(18-22)11-13-35(14-12-30)29(38)41-4/h5-10,15-16,22H,11-14,17-18H2,1-4H3,(H2,31,32,33,36). The molecule has 0 unspecified atom stereocenters. The van der Waals surface area contributed by atoms with Crippen LogP contribution in [0.25, 0.3) is 11.3 Å². The summed E-state index contributed by atoms with van der Waals surface area (Å²) in [6, 6.07) is 12.9. The molecule has 1 saturated heterocycles. The number of ether oxygens (including phenoxy) is 1. The summed E-state index contributed by atoms with van der Waals surface area (Å²) < 4.78 is 33.8. The Morgan fingerprint density at radius 3 is 2.36 bits per heavy atom. The van der Waals surface area contributed by atoms with E-state index in [1.807, 2.05) is 32.0 Å². The zero-order chi connectivity index (χ0) is 30.2. The molecule has 1 aromatic heterocycles. The van der Waals surface area contributed by atoms with Crippen LogP contribution in [0.5, 0.6) is 0 Å². The number of hydrogen-bond acceptors (Lipinski definition) is 7. The first-order valence-electron chi connectivity index (χ1n) is 13.8. The number of amides is 2. The Balaban J connectivity index is 1.28. The first-order chi connectivity index (χ1) is 19.9. The monoisotopic (exact) mass is 593 g/mol. The molecule has 11 nitrogen and oxygen atoms in total. The fourth-order valence-electron chi connectivity index (χ4n) is 6.12. The Hall–Kier alpha value is -4.19. The van der Waals surface area contributed by atoms with E-state index in [4.69, 9.17) is 4.74 Å². The maximum absolute atomic E-state index is 13.4. The van der Waals surface area contributed by atoms with Crippen molar-refractivity contribution in [3.05, 3.63) is 75.6 Å². The van der Waals surface area contributed by atoms with Crippen molar-refractivity contribution in [1.82, 2.24) is 19.8 Å². The van der Waals surface area contributed by atoms with Crippen molar-refractivity contribution in [3.63, 3.8) is 0 Å². The van der Waals surface area contributed by atoms with Crippen molar-refractivity contribution in [2.45, 2.75) is 50.5 Å². The van der Waals surface area contributed by atoms with Gasteiger partial charge in [-0.15, -0.1) is 0 Å². The molecule has 0 atom stereocenters. The molecule has 5 rings (SSSR count). The number of aromatic nitrogens is 2. The van der Waals surface area contributed by atoms with Crippen LogP contribution >= 0.6 is 0 Å². The van der Waals surface area contributed by atoms with Gasteiger partial charge in [-0.3, -0.25) is 14.6 Å². The van der Waals surface area contributed by atoms with E-state index in [-0.39, 0.29) is 39.9 Å². The summed E-state index contributed by atoms with van der Waals surface area (Å²) in [5.74, 6) is -0.491. The maximum atomic E-state index is 13.4. The van der Waals surface area contributed by atoms with E-state index < -0.39 is 15.6 Å². The molecule has 42 heavy (non-hydrogen) atoms. The Labute approximate surface area is 245 Å². The molecule has 1 aliphatic heterocycles. The van der Waals surface area contributed by atoms with Gasteiger partial charge in [-0.25, -0.2) is 22.9 Å². The molecule has 2 heterocycles. The normalized spacial score (nSPS) is 16.5. The predicted octanol–water partition coefficient (Wildman–Crippen LogP) is 3.94. The molecule has 0 bridgehead atoms. The van der Waals surface area contributed by atoms with Gasteiger partial charge in [0, 0.05) is 43.4 Å². The molecule has 1 spiro atoms. The summed E-state index contributed by atoms with van der Waals surface area (Å²) in [6.45, 7) is 5.06. The third kappa shape index (κ3) is 5.76. The smallest absolute Gasteiger partial charge is 0.409 e. The second kappa shape index (κ2) is 11.2. The van der Waals surface area contributed by atoms with Gasteiger partial charge in [0.05, 0.1) is 17.7 Å². The molecule has 2 fully saturated rings. The molecule has 2 aliphatic rings. The SMILES string of the molecule is COC(=O)N1CCC2(CC1)CC(N(C)C(=O)c1cccc(S(=O)(=O)Nc3nc(-c4c(C)cccc4C)cc(=O)[nH]3)c1)C2. The summed E-state index contributed by atoms with van der Waals surface area (Å²) in [5, 5.41) is 0. The number of likely N-dealkylation sites (tertiary alicyclic amines) is 1. The molecule has 3 aromatic rings. The number of piperidine rings is 1. The Kier molecular flexibility index (Phi) is 7.84. The van der Waals surface area contributed by atoms with E-state index in [1.165, 1.54) is 31.4 Å². The number of aryl methyl sites for hydroxylation is 2. The van der Waals surface area contributed by atoms with Crippen molar-refractivity contribution in [2.24, 2.45) is 5.41 Å². The Morgan fingerprint density at radius 2 is 1.71 bits per heavy atom. The second-order valence-corrected chi connectivity index (χ2v) is 13.0. The zero-order valence-corrected chi connectivity index (χ0v) is 25.0. The Bertz CT molecular complexity index is 1670. The number of aromatic amines is 1. The van der Waals surface area contributed by atoms with E-state index in [1.54, 1.807) is 22.9 Å². The van der Waals surface area contributed by atoms with Crippen molar-refractivity contribution in [1.29, 1.82) is 0 Å². The number of benzene rings is 2. The van der Waals surface area contributed by atoms with Gasteiger partial charge in [-0.2, -0.15) is 0 Å². The lowest BCUT2D eigenvalue weighted by Crippen LogP contribution is -2.55. The minimum absolute atomic E-state index is 0.0301. The minimum atomic E-state index is -4.18. The van der Waals surface area contributed by atoms with Crippen LogP contribution in [-0.4, -0.2) is 73.5 Å². The number of nitrogens with zero attached hydrogens (tertiary/aromatic N) is 3. The number of anilines is 1. The number of nitrogens with one attached hydrogen (secondary N) is 2. The Morgan fingerprint density at radius 1 is 1.07 bits per heavy atom. The van der Waals surface area contributed by atoms with E-state index in [2.05, 4.69) is 14.7 Å². The van der Waals surface area contributed by atoms with Crippen molar-refractivity contribution in [2.75, 3.05) is 32.0 Å². The minimum Gasteiger partial charge on any atom is -0.453 e. The molecule has 12 heteroatoms. The number of rotatable bonds is 6. The van der Waals surface area contributed by atoms with Crippen LogP contribution in [0.3, 0.4) is 0 Å². The van der Waals surface area contributed by atoms with Crippen LogP contribution in [0, 0.1) is 19.3 Å². The quantitative estimate of drug-likeness (QED) is 0.441. The van der Waals surface area contributed by atoms with Crippen LogP contribution in [0.4, 0.5) is 10.7 Å². The number of hydrogen-bond donors (Lipinski definition) is 2. The van der Waals surface area contributed by atoms with Gasteiger partial charge in [0.15, 0.2) is 0 Å². The van der Waals surface area contributed by atoms with Gasteiger partial charge in [-0.1, -0.05) is 24.3 Å². The van der Waals surface area contributed by atoms with Crippen molar-refractivity contribution >= 4 is 28.0 Å². The van der Waals surface area contributed by atoms with E-state index in [0.29, 0.717) is 18.8 Å². The first-order valence-corrected chi connectivity index (χ1v) is 15.3. The number of sulfonamides is 1. The molecule has 2 aromatic carbocycles. The van der Waals surface area contributed by atoms with Crippen molar-refractivity contribution < 1.29 is 22.7 Å². The largest absolute Gasteiger partial charge is 0.453 e. The highest BCUT2D eigenvalue weighted by Gasteiger charge is 2.48. The van der Waals surface area contributed by atoms with E-state index in [0.717, 1.165) is 42.4 Å². The lowest BCUT2D eigenvalue weighted by atomic mass is 9.60. The summed E-state index contributed by atoms with van der Waals surface area (Å²) in [7, 11) is -1.06. The maximum Gasteiger partial charge on any atom is 0.409 e. The van der Waals surface area contributed by atoms with E-state index in [9.17, 15) is 22.8 Å².